The molecule has 0 aromatic rings. The van der Waals surface area contributed by atoms with Crippen molar-refractivity contribution in [1.29, 1.82) is 0 Å². The number of imide groups is 1. The van der Waals surface area contributed by atoms with E-state index in [-0.39, 0.29) is 41.0 Å². The summed E-state index contributed by atoms with van der Waals surface area (Å²) in [4.78, 5) is 52.4. The number of nitrogens with zero attached hydrogens (tertiary/aromatic N) is 2. The van der Waals surface area contributed by atoms with E-state index in [2.05, 4.69) is 0 Å². The predicted molar refractivity (Wildman–Crippen MR) is 102 cm³/mol. The zero-order valence-corrected chi connectivity index (χ0v) is 17.6. The Hall–Kier alpha value is -1.61. The average molecular weight is 413 g/mol. The molecular formula is C19H28N2O6S. The number of carbonyl (C=O) groups excluding carboxylic acids is 4. The van der Waals surface area contributed by atoms with Gasteiger partial charge in [-0.15, -0.1) is 11.8 Å². The van der Waals surface area contributed by atoms with Gasteiger partial charge in [-0.25, -0.2) is 4.79 Å². The Bertz CT molecular complexity index is 696. The normalized spacial score (nSPS) is 35.8. The second kappa shape index (κ2) is 7.67. The van der Waals surface area contributed by atoms with Gasteiger partial charge in [0, 0.05) is 18.7 Å². The minimum absolute atomic E-state index is 0.0915. The molecule has 3 aliphatic heterocycles. The van der Waals surface area contributed by atoms with Gasteiger partial charge < -0.3 is 14.7 Å². The Kier molecular flexibility index (Phi) is 5.78. The molecule has 0 spiro atoms. The highest BCUT2D eigenvalue weighted by Gasteiger charge is 2.65. The number of aliphatic hydroxyl groups is 1. The van der Waals surface area contributed by atoms with E-state index >= 15 is 0 Å². The van der Waals surface area contributed by atoms with Crippen LogP contribution in [0.15, 0.2) is 0 Å². The standard InChI is InChI=1S/C19H28N2O6S/c1-8(2)27-19(26)15-16(28-12-6-7-20(11(5)23)17(12)24)9(3)14-13(10(4)22)18(25)21(14)15/h8-10,12-16,22H,6-7H2,1-5H3. The van der Waals surface area contributed by atoms with Gasteiger partial charge in [-0.1, -0.05) is 6.92 Å². The molecule has 3 amide bonds. The molecule has 0 aromatic heterocycles. The molecule has 1 N–H and O–H groups in total. The van der Waals surface area contributed by atoms with E-state index in [4.69, 9.17) is 4.74 Å². The molecular weight excluding hydrogens is 384 g/mol. The topological polar surface area (TPSA) is 104 Å². The molecule has 3 saturated heterocycles. The van der Waals surface area contributed by atoms with Gasteiger partial charge in [0.15, 0.2) is 0 Å². The van der Waals surface area contributed by atoms with Crippen molar-refractivity contribution in [3.8, 4) is 0 Å². The van der Waals surface area contributed by atoms with Crippen LogP contribution >= 0.6 is 11.8 Å². The molecule has 3 aliphatic rings. The highest BCUT2D eigenvalue weighted by molar-refractivity contribution is 8.01. The molecule has 9 heteroatoms. The molecule has 3 fully saturated rings. The quantitative estimate of drug-likeness (QED) is 0.515. The maximum atomic E-state index is 12.8. The predicted octanol–water partition coefficient (Wildman–Crippen LogP) is 0.413. The van der Waals surface area contributed by atoms with Crippen LogP contribution in [0.5, 0.6) is 0 Å². The maximum absolute atomic E-state index is 12.8. The Morgan fingerprint density at radius 1 is 1.21 bits per heavy atom. The van der Waals surface area contributed by atoms with E-state index in [9.17, 15) is 24.3 Å². The zero-order chi connectivity index (χ0) is 20.9. The maximum Gasteiger partial charge on any atom is 0.330 e. The van der Waals surface area contributed by atoms with Crippen LogP contribution in [0.3, 0.4) is 0 Å². The van der Waals surface area contributed by atoms with Crippen molar-refractivity contribution in [2.24, 2.45) is 11.8 Å². The van der Waals surface area contributed by atoms with Gasteiger partial charge in [0.25, 0.3) is 0 Å². The summed E-state index contributed by atoms with van der Waals surface area (Å²) in [7, 11) is 0. The lowest BCUT2D eigenvalue weighted by Gasteiger charge is -2.47. The highest BCUT2D eigenvalue weighted by Crippen LogP contribution is 2.50. The third kappa shape index (κ3) is 3.32. The number of fused-ring (bicyclic) bond motifs is 1. The molecule has 7 atom stereocenters. The van der Waals surface area contributed by atoms with Gasteiger partial charge in [-0.3, -0.25) is 19.3 Å². The fourth-order valence-corrected chi connectivity index (χ4v) is 6.29. The summed E-state index contributed by atoms with van der Waals surface area (Å²) < 4.78 is 5.40. The van der Waals surface area contributed by atoms with Gasteiger partial charge in [0.05, 0.1) is 29.4 Å². The highest BCUT2D eigenvalue weighted by atomic mass is 32.2. The molecule has 0 bridgehead atoms. The van der Waals surface area contributed by atoms with Crippen molar-refractivity contribution in [2.75, 3.05) is 6.54 Å². The van der Waals surface area contributed by atoms with E-state index in [0.717, 1.165) is 0 Å². The number of thioether (sulfide) groups is 1. The second-order valence-corrected chi connectivity index (χ2v) is 9.56. The number of esters is 1. The number of hydrogen-bond donors (Lipinski definition) is 1. The number of aliphatic hydroxyl groups excluding tert-OH is 1. The van der Waals surface area contributed by atoms with E-state index < -0.39 is 29.3 Å². The summed E-state index contributed by atoms with van der Waals surface area (Å²) in [6, 6.07) is -1.04. The number of hydrogen-bond acceptors (Lipinski definition) is 7. The molecule has 3 heterocycles. The number of amides is 3. The molecule has 0 aliphatic carbocycles. The van der Waals surface area contributed by atoms with Gasteiger partial charge in [-0.05, 0) is 33.1 Å². The Balaban J connectivity index is 1.85. The number of likely N-dealkylation sites (tertiary alicyclic amines) is 1. The lowest BCUT2D eigenvalue weighted by atomic mass is 9.79. The minimum Gasteiger partial charge on any atom is -0.461 e. The van der Waals surface area contributed by atoms with Crippen LogP contribution in [0, 0.1) is 11.8 Å². The van der Waals surface area contributed by atoms with Crippen LogP contribution in [-0.2, 0) is 23.9 Å². The fraction of sp³-hybridized carbons (Fsp3) is 0.789. The first-order valence-corrected chi connectivity index (χ1v) is 10.7. The SMILES string of the molecule is CC(=O)N1CCC(SC2C(C)C3C(C(C)O)C(=O)N3C2C(=O)OC(C)C)C1=O. The van der Waals surface area contributed by atoms with Gasteiger partial charge in [0.1, 0.15) is 6.04 Å². The smallest absolute Gasteiger partial charge is 0.330 e. The summed E-state index contributed by atoms with van der Waals surface area (Å²) in [5.41, 5.74) is 0. The van der Waals surface area contributed by atoms with E-state index in [0.29, 0.717) is 13.0 Å². The van der Waals surface area contributed by atoms with Crippen LogP contribution < -0.4 is 0 Å². The Morgan fingerprint density at radius 2 is 1.86 bits per heavy atom. The van der Waals surface area contributed by atoms with Crippen LogP contribution in [0.4, 0.5) is 0 Å². The second-order valence-electron chi connectivity index (χ2n) is 8.18. The first-order valence-electron chi connectivity index (χ1n) is 9.74. The van der Waals surface area contributed by atoms with Crippen molar-refractivity contribution in [1.82, 2.24) is 9.80 Å². The zero-order valence-electron chi connectivity index (χ0n) is 16.8. The van der Waals surface area contributed by atoms with Crippen LogP contribution in [-0.4, -0.2) is 79.9 Å². The van der Waals surface area contributed by atoms with Crippen LogP contribution in [0.2, 0.25) is 0 Å². The summed E-state index contributed by atoms with van der Waals surface area (Å²) in [6.07, 6.45) is -0.600. The summed E-state index contributed by atoms with van der Waals surface area (Å²) in [5, 5.41) is 9.26. The molecule has 156 valence electrons. The van der Waals surface area contributed by atoms with Crippen molar-refractivity contribution in [3.05, 3.63) is 0 Å². The number of β-lactam (4-membered cyclic amide) rings is 1. The summed E-state index contributed by atoms with van der Waals surface area (Å²) in [5.74, 6) is -1.88. The van der Waals surface area contributed by atoms with E-state index in [1.807, 2.05) is 6.92 Å². The van der Waals surface area contributed by atoms with Crippen molar-refractivity contribution >= 4 is 35.5 Å². The molecule has 0 saturated carbocycles. The molecule has 3 rings (SSSR count). The largest absolute Gasteiger partial charge is 0.461 e. The van der Waals surface area contributed by atoms with Gasteiger partial charge in [-0.2, -0.15) is 0 Å². The molecule has 7 unspecified atom stereocenters. The number of rotatable bonds is 5. The first-order chi connectivity index (χ1) is 13.1. The molecule has 0 radical (unpaired) electrons. The molecule has 8 nitrogen and oxygen atoms in total. The van der Waals surface area contributed by atoms with Gasteiger partial charge >= 0.3 is 5.97 Å². The first kappa shape index (κ1) is 21.1. The molecule has 28 heavy (non-hydrogen) atoms. The monoisotopic (exact) mass is 412 g/mol. The average Bonchev–Trinajstić information content (AvgIpc) is 3.04. The fourth-order valence-electron chi connectivity index (χ4n) is 4.62. The van der Waals surface area contributed by atoms with Crippen LogP contribution in [0.1, 0.15) is 41.0 Å². The molecule has 0 aromatic carbocycles. The van der Waals surface area contributed by atoms with Crippen molar-refractivity contribution < 1.29 is 29.0 Å². The third-order valence-electron chi connectivity index (χ3n) is 5.87. The van der Waals surface area contributed by atoms with Crippen molar-refractivity contribution in [3.63, 3.8) is 0 Å². The van der Waals surface area contributed by atoms with Crippen molar-refractivity contribution in [2.45, 2.75) is 75.8 Å². The van der Waals surface area contributed by atoms with Crippen LogP contribution in [0.25, 0.3) is 0 Å². The minimum atomic E-state index is -0.803. The van der Waals surface area contributed by atoms with E-state index in [1.54, 1.807) is 20.8 Å². The lowest BCUT2D eigenvalue weighted by molar-refractivity contribution is -0.174. The summed E-state index contributed by atoms with van der Waals surface area (Å²) in [6.45, 7) is 8.76. The number of ether oxygens (including phenoxy) is 1. The Labute approximate surface area is 168 Å². The van der Waals surface area contributed by atoms with Gasteiger partial charge in [0.2, 0.25) is 17.7 Å². The lowest BCUT2D eigenvalue weighted by Crippen LogP contribution is -2.66. The van der Waals surface area contributed by atoms with E-state index in [1.165, 1.54) is 28.5 Å². The Morgan fingerprint density at radius 3 is 2.36 bits per heavy atom. The number of carbonyl (C=O) groups is 4. The third-order valence-corrected chi connectivity index (χ3v) is 7.63. The summed E-state index contributed by atoms with van der Waals surface area (Å²) >= 11 is 1.36.